The number of carbonyl (C=O) groups excluding carboxylic acids is 3. The van der Waals surface area contributed by atoms with Gasteiger partial charge < -0.3 is 21.1 Å². The Morgan fingerprint density at radius 3 is 2.22 bits per heavy atom. The summed E-state index contributed by atoms with van der Waals surface area (Å²) in [5.74, 6) is -2.07. The molecule has 0 aliphatic heterocycles. The van der Waals surface area contributed by atoms with Gasteiger partial charge in [0.1, 0.15) is 0 Å². The van der Waals surface area contributed by atoms with Crippen LogP contribution in [0.3, 0.4) is 0 Å². The second kappa shape index (κ2) is 8.46. The lowest BCUT2D eigenvalue weighted by atomic mass is 10.1. The first-order chi connectivity index (χ1) is 13.1. The highest BCUT2D eigenvalue weighted by Gasteiger charge is 2.24. The van der Waals surface area contributed by atoms with E-state index in [1.54, 1.807) is 24.3 Å². The van der Waals surface area contributed by atoms with Crippen LogP contribution in [0.25, 0.3) is 0 Å². The number of aliphatic hydroxyl groups excluding tert-OH is 1. The lowest BCUT2D eigenvalue weighted by molar-refractivity contribution is -0.136. The molecule has 0 bridgehead atoms. The number of amides is 3. The Morgan fingerprint density at radius 1 is 0.926 bits per heavy atom. The van der Waals surface area contributed by atoms with Crippen molar-refractivity contribution in [3.05, 3.63) is 65.2 Å². The summed E-state index contributed by atoms with van der Waals surface area (Å²) in [4.78, 5) is 36.3. The van der Waals surface area contributed by atoms with Gasteiger partial charge in [-0.1, -0.05) is 36.4 Å². The first kappa shape index (κ1) is 18.6. The van der Waals surface area contributed by atoms with E-state index < -0.39 is 11.8 Å². The average molecular weight is 367 g/mol. The number of nitrogens with one attached hydrogen (secondary N) is 3. The SMILES string of the molecule is O=C(NCCO)C(=O)Nc1ccccc1C(=O)NC1Cc2ccccc2C1. The average Bonchev–Trinajstić information content (AvgIpc) is 3.08. The van der Waals surface area contributed by atoms with E-state index in [0.29, 0.717) is 0 Å². The van der Waals surface area contributed by atoms with Crippen LogP contribution < -0.4 is 16.0 Å². The zero-order chi connectivity index (χ0) is 19.2. The van der Waals surface area contributed by atoms with E-state index in [1.807, 2.05) is 12.1 Å². The Morgan fingerprint density at radius 2 is 1.56 bits per heavy atom. The van der Waals surface area contributed by atoms with Gasteiger partial charge in [0.25, 0.3) is 5.91 Å². The number of anilines is 1. The molecule has 7 nitrogen and oxygen atoms in total. The Balaban J connectivity index is 1.66. The molecular formula is C20H21N3O4. The lowest BCUT2D eigenvalue weighted by Crippen LogP contribution is -2.38. The van der Waals surface area contributed by atoms with Crippen molar-refractivity contribution < 1.29 is 19.5 Å². The second-order valence-electron chi connectivity index (χ2n) is 6.33. The van der Waals surface area contributed by atoms with E-state index in [1.165, 1.54) is 11.1 Å². The van der Waals surface area contributed by atoms with Gasteiger partial charge in [-0.15, -0.1) is 0 Å². The van der Waals surface area contributed by atoms with Crippen molar-refractivity contribution >= 4 is 23.4 Å². The fourth-order valence-corrected chi connectivity index (χ4v) is 3.14. The van der Waals surface area contributed by atoms with Crippen LogP contribution >= 0.6 is 0 Å². The smallest absolute Gasteiger partial charge is 0.313 e. The maximum absolute atomic E-state index is 12.7. The van der Waals surface area contributed by atoms with Crippen molar-refractivity contribution in [2.24, 2.45) is 0 Å². The molecule has 0 fully saturated rings. The summed E-state index contributed by atoms with van der Waals surface area (Å²) in [7, 11) is 0. The van der Waals surface area contributed by atoms with E-state index in [0.717, 1.165) is 12.8 Å². The summed E-state index contributed by atoms with van der Waals surface area (Å²) >= 11 is 0. The monoisotopic (exact) mass is 367 g/mol. The second-order valence-corrected chi connectivity index (χ2v) is 6.33. The minimum Gasteiger partial charge on any atom is -0.395 e. The standard InChI is InChI=1S/C20H21N3O4/c24-10-9-21-19(26)20(27)23-17-8-4-3-7-16(17)18(25)22-15-11-13-5-1-2-6-14(13)12-15/h1-8,15,24H,9-12H2,(H,21,26)(H,22,25)(H,23,27). The van der Waals surface area contributed by atoms with E-state index in [4.69, 9.17) is 5.11 Å². The van der Waals surface area contributed by atoms with Crippen molar-refractivity contribution in [2.45, 2.75) is 18.9 Å². The van der Waals surface area contributed by atoms with Crippen molar-refractivity contribution in [1.29, 1.82) is 0 Å². The number of aliphatic hydroxyl groups is 1. The van der Waals surface area contributed by atoms with E-state index in [9.17, 15) is 14.4 Å². The predicted octanol–water partition coefficient (Wildman–Crippen LogP) is 0.631. The van der Waals surface area contributed by atoms with Gasteiger partial charge in [0, 0.05) is 12.6 Å². The third-order valence-electron chi connectivity index (χ3n) is 4.41. The molecule has 0 saturated carbocycles. The normalized spacial score (nSPS) is 12.9. The van der Waals surface area contributed by atoms with E-state index in [2.05, 4.69) is 28.1 Å². The molecule has 0 atom stereocenters. The molecule has 0 aromatic heterocycles. The van der Waals surface area contributed by atoms with Gasteiger partial charge in [-0.2, -0.15) is 0 Å². The van der Waals surface area contributed by atoms with Gasteiger partial charge in [0.15, 0.2) is 0 Å². The van der Waals surface area contributed by atoms with Crippen molar-refractivity contribution in [1.82, 2.24) is 10.6 Å². The van der Waals surface area contributed by atoms with Gasteiger partial charge in [-0.05, 0) is 36.1 Å². The molecule has 0 heterocycles. The minimum absolute atomic E-state index is 0.00786. The quantitative estimate of drug-likeness (QED) is 0.582. The van der Waals surface area contributed by atoms with Crippen LogP contribution in [0.1, 0.15) is 21.5 Å². The zero-order valence-corrected chi connectivity index (χ0v) is 14.7. The van der Waals surface area contributed by atoms with Crippen LogP contribution in [0.15, 0.2) is 48.5 Å². The number of hydrogen-bond donors (Lipinski definition) is 4. The molecule has 1 aliphatic carbocycles. The summed E-state index contributed by atoms with van der Waals surface area (Å²) < 4.78 is 0. The Bertz CT molecular complexity index is 841. The molecule has 0 spiro atoms. The zero-order valence-electron chi connectivity index (χ0n) is 14.7. The molecule has 7 heteroatoms. The third-order valence-corrected chi connectivity index (χ3v) is 4.41. The van der Waals surface area contributed by atoms with Crippen LogP contribution in [0.2, 0.25) is 0 Å². The molecule has 27 heavy (non-hydrogen) atoms. The van der Waals surface area contributed by atoms with E-state index in [-0.39, 0.29) is 36.4 Å². The number of carbonyl (C=O) groups is 3. The lowest BCUT2D eigenvalue weighted by Gasteiger charge is -2.15. The Hall–Kier alpha value is -3.19. The fourth-order valence-electron chi connectivity index (χ4n) is 3.14. The number of benzene rings is 2. The molecule has 2 aromatic rings. The van der Waals surface area contributed by atoms with Gasteiger partial charge in [0.2, 0.25) is 0 Å². The maximum atomic E-state index is 12.7. The summed E-state index contributed by atoms with van der Waals surface area (Å²) in [6.07, 6.45) is 1.53. The van der Waals surface area contributed by atoms with Crippen LogP contribution in [-0.4, -0.2) is 42.0 Å². The van der Waals surface area contributed by atoms with Crippen molar-refractivity contribution in [2.75, 3.05) is 18.5 Å². The topological polar surface area (TPSA) is 108 Å². The van der Waals surface area contributed by atoms with Crippen LogP contribution in [0.4, 0.5) is 5.69 Å². The summed E-state index contributed by atoms with van der Waals surface area (Å²) in [6, 6.07) is 14.6. The predicted molar refractivity (Wildman–Crippen MR) is 100 cm³/mol. The van der Waals surface area contributed by atoms with Crippen molar-refractivity contribution in [3.8, 4) is 0 Å². The molecule has 0 saturated heterocycles. The summed E-state index contributed by atoms with van der Waals surface area (Å²) in [5.41, 5.74) is 3.00. The number of hydrogen-bond acceptors (Lipinski definition) is 4. The van der Waals surface area contributed by atoms with Crippen molar-refractivity contribution in [3.63, 3.8) is 0 Å². The molecule has 0 unspecified atom stereocenters. The third kappa shape index (κ3) is 4.51. The molecule has 0 radical (unpaired) electrons. The van der Waals surface area contributed by atoms with Crippen LogP contribution in [-0.2, 0) is 22.4 Å². The summed E-state index contributed by atoms with van der Waals surface area (Å²) in [6.45, 7) is -0.279. The molecule has 3 amide bonds. The highest BCUT2D eigenvalue weighted by molar-refractivity contribution is 6.40. The molecule has 1 aliphatic rings. The number of fused-ring (bicyclic) bond motifs is 1. The largest absolute Gasteiger partial charge is 0.395 e. The molecule has 2 aromatic carbocycles. The first-order valence-corrected chi connectivity index (χ1v) is 8.75. The summed E-state index contributed by atoms with van der Waals surface area (Å²) in [5, 5.41) is 16.4. The maximum Gasteiger partial charge on any atom is 0.313 e. The van der Waals surface area contributed by atoms with Gasteiger partial charge in [-0.25, -0.2) is 0 Å². The van der Waals surface area contributed by atoms with Gasteiger partial charge in [0.05, 0.1) is 17.9 Å². The molecule has 4 N–H and O–H groups in total. The first-order valence-electron chi connectivity index (χ1n) is 8.75. The minimum atomic E-state index is -0.892. The Labute approximate surface area is 156 Å². The number of rotatable bonds is 5. The van der Waals surface area contributed by atoms with Crippen LogP contribution in [0, 0.1) is 0 Å². The van der Waals surface area contributed by atoms with Gasteiger partial charge >= 0.3 is 11.8 Å². The highest BCUT2D eigenvalue weighted by Crippen LogP contribution is 2.22. The number of para-hydroxylation sites is 1. The molecule has 3 rings (SSSR count). The fraction of sp³-hybridized carbons (Fsp3) is 0.250. The van der Waals surface area contributed by atoms with Crippen LogP contribution in [0.5, 0.6) is 0 Å². The molecule has 140 valence electrons. The van der Waals surface area contributed by atoms with Gasteiger partial charge in [-0.3, -0.25) is 14.4 Å². The Kier molecular flexibility index (Phi) is 5.83. The van der Waals surface area contributed by atoms with E-state index >= 15 is 0 Å². The molecular weight excluding hydrogens is 346 g/mol. The highest BCUT2D eigenvalue weighted by atomic mass is 16.3.